The van der Waals surface area contributed by atoms with Gasteiger partial charge in [0.2, 0.25) is 10.0 Å². The van der Waals surface area contributed by atoms with E-state index in [1.165, 1.54) is 4.31 Å². The van der Waals surface area contributed by atoms with Crippen molar-refractivity contribution >= 4 is 33.8 Å². The Morgan fingerprint density at radius 2 is 1.65 bits per heavy atom. The predicted octanol–water partition coefficient (Wildman–Crippen LogP) is 4.91. The van der Waals surface area contributed by atoms with Crippen molar-refractivity contribution in [1.82, 2.24) is 9.21 Å². The number of nitrogens with zero attached hydrogens (tertiary/aromatic N) is 2. The van der Waals surface area contributed by atoms with Crippen molar-refractivity contribution in [3.63, 3.8) is 0 Å². The molecule has 0 bridgehead atoms. The average Bonchev–Trinajstić information content (AvgIpc) is 3.14. The first-order valence-corrected chi connectivity index (χ1v) is 11.9. The fourth-order valence-electron chi connectivity index (χ4n) is 3.63. The van der Waals surface area contributed by atoms with Crippen LogP contribution in [0, 0.1) is 0 Å². The highest BCUT2D eigenvalue weighted by molar-refractivity contribution is 7.89. The summed E-state index contributed by atoms with van der Waals surface area (Å²) in [4.78, 5) is 2.33. The fourth-order valence-corrected chi connectivity index (χ4v) is 5.17. The van der Waals surface area contributed by atoms with Crippen LogP contribution in [-0.2, 0) is 29.5 Å². The molecular formula is C24H25ClN2O3S. The van der Waals surface area contributed by atoms with Gasteiger partial charge in [-0.15, -0.1) is 0 Å². The van der Waals surface area contributed by atoms with Crippen LogP contribution in [0.1, 0.15) is 28.2 Å². The van der Waals surface area contributed by atoms with Crippen LogP contribution in [0.25, 0.3) is 12.2 Å². The predicted molar refractivity (Wildman–Crippen MR) is 124 cm³/mol. The number of furan rings is 1. The molecule has 0 saturated carbocycles. The van der Waals surface area contributed by atoms with Gasteiger partial charge in [0.15, 0.2) is 0 Å². The molecule has 3 aromatic rings. The monoisotopic (exact) mass is 456 g/mol. The summed E-state index contributed by atoms with van der Waals surface area (Å²) in [6, 6.07) is 16.5. The Labute approximate surface area is 188 Å². The van der Waals surface area contributed by atoms with E-state index >= 15 is 0 Å². The van der Waals surface area contributed by atoms with E-state index in [2.05, 4.69) is 0 Å². The lowest BCUT2D eigenvalue weighted by Crippen LogP contribution is -2.35. The summed E-state index contributed by atoms with van der Waals surface area (Å²) in [5, 5.41) is 0.695. The smallest absolute Gasteiger partial charge is 0.243 e. The zero-order valence-corrected chi connectivity index (χ0v) is 19.2. The summed E-state index contributed by atoms with van der Waals surface area (Å²) in [7, 11) is 0.393. The van der Waals surface area contributed by atoms with Gasteiger partial charge in [-0.25, -0.2) is 8.42 Å². The maximum absolute atomic E-state index is 13.2. The first-order valence-electron chi connectivity index (χ1n) is 10.1. The molecule has 7 heteroatoms. The Morgan fingerprint density at radius 3 is 2.26 bits per heavy atom. The van der Waals surface area contributed by atoms with Crippen LogP contribution in [0.3, 0.4) is 0 Å². The summed E-state index contributed by atoms with van der Waals surface area (Å²) in [6.45, 7) is 1.46. The van der Waals surface area contributed by atoms with Gasteiger partial charge in [0.05, 0.1) is 11.4 Å². The number of benzene rings is 2. The first-order chi connectivity index (χ1) is 14.8. The van der Waals surface area contributed by atoms with E-state index in [9.17, 15) is 8.42 Å². The molecule has 1 aliphatic heterocycles. The first kappa shape index (κ1) is 21.8. The second-order valence-electron chi connectivity index (χ2n) is 7.94. The van der Waals surface area contributed by atoms with Gasteiger partial charge in [-0.05, 0) is 55.6 Å². The Balaban J connectivity index is 1.47. The van der Waals surface area contributed by atoms with Crippen molar-refractivity contribution < 1.29 is 12.8 Å². The molecule has 1 aliphatic rings. The summed E-state index contributed by atoms with van der Waals surface area (Å²) in [6.07, 6.45) is 4.50. The highest BCUT2D eigenvalue weighted by atomic mass is 35.5. The molecule has 0 fully saturated rings. The normalized spacial score (nSPS) is 15.0. The number of hydrogen-bond donors (Lipinski definition) is 0. The highest BCUT2D eigenvalue weighted by Gasteiger charge is 2.30. The molecule has 0 saturated heterocycles. The molecule has 31 heavy (non-hydrogen) atoms. The van der Waals surface area contributed by atoms with Crippen LogP contribution in [0.5, 0.6) is 0 Å². The van der Waals surface area contributed by atoms with E-state index in [4.69, 9.17) is 16.0 Å². The van der Waals surface area contributed by atoms with Crippen LogP contribution in [0.2, 0.25) is 5.02 Å². The lowest BCUT2D eigenvalue weighted by Gasteiger charge is -2.25. The Bertz CT molecular complexity index is 1180. The summed E-state index contributed by atoms with van der Waals surface area (Å²) in [5.74, 6) is 1.76. The maximum Gasteiger partial charge on any atom is 0.243 e. The minimum absolute atomic E-state index is 0.302. The number of sulfonamides is 1. The van der Waals surface area contributed by atoms with Gasteiger partial charge in [0.1, 0.15) is 11.5 Å². The molecule has 0 amide bonds. The average molecular weight is 457 g/mol. The fraction of sp³-hybridized carbons (Fsp3) is 0.250. The third-order valence-corrected chi connectivity index (χ3v) is 7.32. The topological polar surface area (TPSA) is 53.8 Å². The molecular weight excluding hydrogens is 432 g/mol. The molecule has 1 aromatic heterocycles. The zero-order chi connectivity index (χ0) is 22.0. The highest BCUT2D eigenvalue weighted by Crippen LogP contribution is 2.28. The SMILES string of the molecule is CN(C)Cc1cc2c(o1)CCN(S(=O)(=O)c1ccc(C=Cc3ccc(Cl)cc3)cc1)C2. The number of rotatable bonds is 6. The molecule has 0 unspecified atom stereocenters. The van der Waals surface area contributed by atoms with E-state index < -0.39 is 10.0 Å². The molecule has 0 radical (unpaired) electrons. The molecule has 5 nitrogen and oxygen atoms in total. The third-order valence-electron chi connectivity index (χ3n) is 5.21. The van der Waals surface area contributed by atoms with Gasteiger partial charge in [-0.3, -0.25) is 0 Å². The summed E-state index contributed by atoms with van der Waals surface area (Å²) >= 11 is 5.91. The van der Waals surface area contributed by atoms with E-state index in [0.717, 1.165) is 28.2 Å². The van der Waals surface area contributed by atoms with Crippen molar-refractivity contribution in [3.05, 3.63) is 87.8 Å². The molecule has 0 aliphatic carbocycles. The molecule has 162 valence electrons. The Morgan fingerprint density at radius 1 is 1.03 bits per heavy atom. The largest absolute Gasteiger partial charge is 0.464 e. The van der Waals surface area contributed by atoms with Crippen molar-refractivity contribution in [1.29, 1.82) is 0 Å². The maximum atomic E-state index is 13.2. The van der Waals surface area contributed by atoms with Gasteiger partial charge in [-0.2, -0.15) is 4.31 Å². The van der Waals surface area contributed by atoms with E-state index in [0.29, 0.717) is 36.0 Å². The standard InChI is InChI=1S/C24H25ClN2O3S/c1-26(2)17-22-15-20-16-27(14-13-24(20)30-22)31(28,29)23-11-7-19(8-12-23)4-3-18-5-9-21(25)10-6-18/h3-12,15H,13-14,16-17H2,1-2H3. The van der Waals surface area contributed by atoms with Gasteiger partial charge in [0, 0.05) is 30.1 Å². The van der Waals surface area contributed by atoms with Crippen LogP contribution in [-0.4, -0.2) is 38.3 Å². The minimum atomic E-state index is -3.56. The van der Waals surface area contributed by atoms with Gasteiger partial charge in [-0.1, -0.05) is 48.0 Å². The van der Waals surface area contributed by atoms with E-state index in [1.54, 1.807) is 12.1 Å². The molecule has 4 rings (SSSR count). The van der Waals surface area contributed by atoms with Crippen LogP contribution < -0.4 is 0 Å². The minimum Gasteiger partial charge on any atom is -0.464 e. The lowest BCUT2D eigenvalue weighted by atomic mass is 10.1. The molecule has 0 spiro atoms. The van der Waals surface area contributed by atoms with Crippen molar-refractivity contribution in [2.75, 3.05) is 20.6 Å². The van der Waals surface area contributed by atoms with E-state index in [1.807, 2.05) is 73.6 Å². The number of halogens is 1. The Kier molecular flexibility index (Phi) is 6.34. The molecule has 0 N–H and O–H groups in total. The third kappa shape index (κ3) is 5.10. The van der Waals surface area contributed by atoms with Gasteiger partial charge in [0.25, 0.3) is 0 Å². The Hall–Kier alpha value is -2.38. The van der Waals surface area contributed by atoms with Crippen molar-refractivity contribution in [2.45, 2.75) is 24.4 Å². The lowest BCUT2D eigenvalue weighted by molar-refractivity contribution is 0.325. The van der Waals surface area contributed by atoms with Crippen LogP contribution in [0.15, 0.2) is 63.9 Å². The molecule has 2 aromatic carbocycles. The second-order valence-corrected chi connectivity index (χ2v) is 10.3. The molecule has 0 atom stereocenters. The quantitative estimate of drug-likeness (QED) is 0.494. The van der Waals surface area contributed by atoms with Gasteiger partial charge >= 0.3 is 0 Å². The zero-order valence-electron chi connectivity index (χ0n) is 17.6. The van der Waals surface area contributed by atoms with Crippen LogP contribution in [0.4, 0.5) is 0 Å². The number of hydrogen-bond acceptors (Lipinski definition) is 4. The van der Waals surface area contributed by atoms with Gasteiger partial charge < -0.3 is 9.32 Å². The summed E-state index contributed by atoms with van der Waals surface area (Å²) in [5.41, 5.74) is 2.91. The van der Waals surface area contributed by atoms with Crippen molar-refractivity contribution in [3.8, 4) is 0 Å². The number of fused-ring (bicyclic) bond motifs is 1. The second kappa shape index (κ2) is 9.01. The summed E-state index contributed by atoms with van der Waals surface area (Å²) < 4.78 is 33.7. The van der Waals surface area contributed by atoms with Crippen LogP contribution >= 0.6 is 11.6 Å². The molecule has 2 heterocycles. The van der Waals surface area contributed by atoms with Crippen molar-refractivity contribution in [2.24, 2.45) is 0 Å². The van der Waals surface area contributed by atoms with E-state index in [-0.39, 0.29) is 0 Å².